The van der Waals surface area contributed by atoms with Crippen molar-refractivity contribution in [1.82, 2.24) is 16.0 Å². The highest BCUT2D eigenvalue weighted by Crippen LogP contribution is 2.07. The second-order valence-electron chi connectivity index (χ2n) is 8.42. The molecule has 0 aliphatic carbocycles. The number of hydrogen-bond donors (Lipinski definition) is 7. The van der Waals surface area contributed by atoms with Crippen LogP contribution in [0.25, 0.3) is 0 Å². The minimum absolute atomic E-state index is 0.333. The van der Waals surface area contributed by atoms with Crippen molar-refractivity contribution in [2.24, 2.45) is 23.3 Å². The van der Waals surface area contributed by atoms with E-state index in [1.807, 2.05) is 0 Å². The number of hydrogen-bond acceptors (Lipinski definition) is 7. The average Bonchev–Trinajstić information content (AvgIpc) is 2.66. The molecule has 0 saturated carbocycles. The summed E-state index contributed by atoms with van der Waals surface area (Å²) in [5.41, 5.74) is 11.3. The Morgan fingerprint density at radius 3 is 1.65 bits per heavy atom. The Morgan fingerprint density at radius 1 is 0.774 bits per heavy atom. The van der Waals surface area contributed by atoms with Crippen LogP contribution in [0.3, 0.4) is 0 Å². The fourth-order valence-corrected chi connectivity index (χ4v) is 2.84. The first-order valence-electron chi connectivity index (χ1n) is 10.6. The smallest absolute Gasteiger partial charge is 0.326 e. The van der Waals surface area contributed by atoms with Crippen molar-refractivity contribution in [2.75, 3.05) is 6.54 Å². The molecule has 0 aliphatic rings. The van der Waals surface area contributed by atoms with Crippen LogP contribution in [0.2, 0.25) is 0 Å². The van der Waals surface area contributed by atoms with Crippen molar-refractivity contribution in [1.29, 1.82) is 0 Å². The molecule has 5 unspecified atom stereocenters. The van der Waals surface area contributed by atoms with Crippen molar-refractivity contribution in [2.45, 2.75) is 84.2 Å². The van der Waals surface area contributed by atoms with Crippen molar-refractivity contribution in [3.63, 3.8) is 0 Å². The molecule has 5 atom stereocenters. The fourth-order valence-electron chi connectivity index (χ4n) is 2.84. The zero-order chi connectivity index (χ0) is 24.3. The highest BCUT2D eigenvalue weighted by molar-refractivity contribution is 5.94. The molecule has 3 amide bonds. The summed E-state index contributed by atoms with van der Waals surface area (Å²) in [6.45, 7) is 8.45. The molecule has 0 radical (unpaired) electrons. The second-order valence-corrected chi connectivity index (χ2v) is 8.42. The van der Waals surface area contributed by atoms with E-state index in [2.05, 4.69) is 16.0 Å². The van der Waals surface area contributed by atoms with Crippen molar-refractivity contribution >= 4 is 23.7 Å². The molecule has 31 heavy (non-hydrogen) atoms. The van der Waals surface area contributed by atoms with Gasteiger partial charge < -0.3 is 37.6 Å². The van der Waals surface area contributed by atoms with Crippen LogP contribution in [0, 0.1) is 11.8 Å². The van der Waals surface area contributed by atoms with E-state index >= 15 is 0 Å². The van der Waals surface area contributed by atoms with Gasteiger partial charge in [0.05, 0.1) is 12.1 Å². The van der Waals surface area contributed by atoms with Crippen LogP contribution in [0.4, 0.5) is 0 Å². The molecule has 11 nitrogen and oxygen atoms in total. The maximum absolute atomic E-state index is 12.8. The zero-order valence-electron chi connectivity index (χ0n) is 19.1. The molecule has 0 aromatic rings. The number of amides is 3. The van der Waals surface area contributed by atoms with Crippen LogP contribution in [0.1, 0.15) is 53.9 Å². The van der Waals surface area contributed by atoms with Crippen LogP contribution in [-0.4, -0.2) is 70.7 Å². The van der Waals surface area contributed by atoms with E-state index in [0.717, 1.165) is 6.42 Å². The number of nitrogens with two attached hydrogens (primary N) is 2. The number of unbranched alkanes of at least 4 members (excludes halogenated alkanes) is 1. The predicted octanol–water partition coefficient (Wildman–Crippen LogP) is -1.33. The maximum Gasteiger partial charge on any atom is 0.326 e. The van der Waals surface area contributed by atoms with Gasteiger partial charge in [0.1, 0.15) is 18.1 Å². The number of carbonyl (C=O) groups is 4. The SMILES string of the molecule is CC(C)C(NC(=O)C(NC(=O)C(NC(=O)C(N)CCCCN)C(C)C)C(C)O)C(=O)O. The number of aliphatic hydroxyl groups is 1. The summed E-state index contributed by atoms with van der Waals surface area (Å²) < 4.78 is 0. The molecule has 0 fully saturated rings. The van der Waals surface area contributed by atoms with Crippen LogP contribution >= 0.6 is 0 Å². The number of carbonyl (C=O) groups excluding carboxylic acids is 3. The molecule has 0 aromatic heterocycles. The molecule has 0 aromatic carbocycles. The summed E-state index contributed by atoms with van der Waals surface area (Å²) in [5.74, 6) is -3.99. The Balaban J connectivity index is 5.25. The van der Waals surface area contributed by atoms with Gasteiger partial charge in [-0.25, -0.2) is 4.79 Å². The molecule has 0 aliphatic heterocycles. The molecule has 0 saturated heterocycles. The van der Waals surface area contributed by atoms with Crippen molar-refractivity contribution in [3.05, 3.63) is 0 Å². The van der Waals surface area contributed by atoms with Gasteiger partial charge in [-0.3, -0.25) is 14.4 Å². The van der Waals surface area contributed by atoms with E-state index < -0.39 is 59.9 Å². The Hall–Kier alpha value is -2.24. The number of aliphatic carboxylic acids is 1. The lowest BCUT2D eigenvalue weighted by atomic mass is 10.0. The Bertz CT molecular complexity index is 611. The first-order valence-corrected chi connectivity index (χ1v) is 10.6. The predicted molar refractivity (Wildman–Crippen MR) is 116 cm³/mol. The number of rotatable bonds is 14. The van der Waals surface area contributed by atoms with Crippen molar-refractivity contribution < 1.29 is 29.4 Å². The number of carboxylic acid groups (broad SMARTS) is 1. The zero-order valence-corrected chi connectivity index (χ0v) is 19.1. The van der Waals surface area contributed by atoms with Crippen LogP contribution in [-0.2, 0) is 19.2 Å². The Labute approximate surface area is 183 Å². The molecule has 0 heterocycles. The van der Waals surface area contributed by atoms with Gasteiger partial charge in [-0.1, -0.05) is 34.1 Å². The van der Waals surface area contributed by atoms with Gasteiger partial charge in [-0.15, -0.1) is 0 Å². The molecule has 9 N–H and O–H groups in total. The van der Waals surface area contributed by atoms with E-state index in [1.165, 1.54) is 6.92 Å². The lowest BCUT2D eigenvalue weighted by Gasteiger charge is -2.28. The molecule has 11 heteroatoms. The van der Waals surface area contributed by atoms with Gasteiger partial charge in [-0.05, 0) is 38.1 Å². The highest BCUT2D eigenvalue weighted by atomic mass is 16.4. The minimum Gasteiger partial charge on any atom is -0.480 e. The van der Waals surface area contributed by atoms with E-state index in [9.17, 15) is 29.4 Å². The largest absolute Gasteiger partial charge is 0.480 e. The third-order valence-corrected chi connectivity index (χ3v) is 4.85. The Morgan fingerprint density at radius 2 is 1.23 bits per heavy atom. The monoisotopic (exact) mass is 445 g/mol. The number of aliphatic hydroxyl groups excluding tert-OH is 1. The van der Waals surface area contributed by atoms with E-state index in [4.69, 9.17) is 11.5 Å². The first-order chi connectivity index (χ1) is 14.3. The summed E-state index contributed by atoms with van der Waals surface area (Å²) in [7, 11) is 0. The molecule has 0 rings (SSSR count). The summed E-state index contributed by atoms with van der Waals surface area (Å²) in [6.07, 6.45) is 0.523. The van der Waals surface area contributed by atoms with Crippen LogP contribution in [0.15, 0.2) is 0 Å². The highest BCUT2D eigenvalue weighted by Gasteiger charge is 2.34. The quantitative estimate of drug-likeness (QED) is 0.160. The van der Waals surface area contributed by atoms with Gasteiger partial charge >= 0.3 is 5.97 Å². The van der Waals surface area contributed by atoms with Gasteiger partial charge in [0, 0.05) is 0 Å². The van der Waals surface area contributed by atoms with Crippen LogP contribution in [0.5, 0.6) is 0 Å². The lowest BCUT2D eigenvalue weighted by Crippen LogP contribution is -2.61. The number of carboxylic acids is 1. The number of nitrogens with one attached hydrogen (secondary N) is 3. The second kappa shape index (κ2) is 13.9. The fraction of sp³-hybridized carbons (Fsp3) is 0.800. The summed E-state index contributed by atoms with van der Waals surface area (Å²) in [6, 6.07) is -4.39. The lowest BCUT2D eigenvalue weighted by molar-refractivity contribution is -0.144. The van der Waals surface area contributed by atoms with Gasteiger partial charge in [0.15, 0.2) is 0 Å². The summed E-state index contributed by atoms with van der Waals surface area (Å²) >= 11 is 0. The van der Waals surface area contributed by atoms with Gasteiger partial charge in [0.2, 0.25) is 17.7 Å². The van der Waals surface area contributed by atoms with E-state index in [1.54, 1.807) is 27.7 Å². The van der Waals surface area contributed by atoms with E-state index in [0.29, 0.717) is 19.4 Å². The Kier molecular flexibility index (Phi) is 12.9. The van der Waals surface area contributed by atoms with Gasteiger partial charge in [-0.2, -0.15) is 0 Å². The summed E-state index contributed by atoms with van der Waals surface area (Å²) in [4.78, 5) is 49.0. The first kappa shape index (κ1) is 28.8. The standard InChI is InChI=1S/C20H39N5O6/c1-10(2)14(23-17(27)13(22)8-6-7-9-21)18(28)25-16(12(5)26)19(29)24-15(11(3)4)20(30)31/h10-16,26H,6-9,21-22H2,1-5H3,(H,23,27)(H,24,29)(H,25,28)(H,30,31). The third kappa shape index (κ3) is 10.1. The van der Waals surface area contributed by atoms with Crippen LogP contribution < -0.4 is 27.4 Å². The normalized spacial score (nSPS) is 16.2. The molecular weight excluding hydrogens is 406 g/mol. The third-order valence-electron chi connectivity index (χ3n) is 4.85. The summed E-state index contributed by atoms with van der Waals surface area (Å²) in [5, 5.41) is 26.6. The van der Waals surface area contributed by atoms with Crippen molar-refractivity contribution in [3.8, 4) is 0 Å². The maximum atomic E-state index is 12.8. The average molecular weight is 446 g/mol. The molecule has 0 bridgehead atoms. The minimum atomic E-state index is -1.40. The van der Waals surface area contributed by atoms with E-state index in [-0.39, 0.29) is 5.92 Å². The molecule has 180 valence electrons. The molecule has 0 spiro atoms. The molecular formula is C20H39N5O6. The van der Waals surface area contributed by atoms with Gasteiger partial charge in [0.25, 0.3) is 0 Å². The topological polar surface area (TPSA) is 197 Å².